The Morgan fingerprint density at radius 3 is 2.53 bits per heavy atom. The minimum atomic E-state index is -4.65. The average molecular weight is 478 g/mol. The van der Waals surface area contributed by atoms with E-state index in [0.29, 0.717) is 36.9 Å². The molecule has 1 aromatic carbocycles. The first-order chi connectivity index (χ1) is 15.8. The number of piperidine rings is 1. The molecule has 1 aliphatic heterocycles. The van der Waals surface area contributed by atoms with Crippen molar-refractivity contribution in [2.45, 2.75) is 52.6 Å². The summed E-state index contributed by atoms with van der Waals surface area (Å²) in [4.78, 5) is 18.5. The predicted octanol–water partition coefficient (Wildman–Crippen LogP) is 5.68. The Labute approximate surface area is 194 Å². The number of rotatable bonds is 4. The van der Waals surface area contributed by atoms with Crippen molar-refractivity contribution < 1.29 is 27.5 Å². The molecule has 0 spiro atoms. The standard InChI is InChI=1S/C24H26F4N4O2/c1-13(2)20-14(3)29-19-11-18(16-7-6-15(10-17(16)25)24(26,27)28)30-32(19)21(20)31-9-5-8-23(4,12-31)22(33)34/h6-7,10-11,13H,5,8-9,12H2,1-4H3,(H,33,34)/t23-/m1/s1. The van der Waals surface area contributed by atoms with Crippen molar-refractivity contribution in [2.24, 2.45) is 5.41 Å². The van der Waals surface area contributed by atoms with Crippen molar-refractivity contribution >= 4 is 17.4 Å². The lowest BCUT2D eigenvalue weighted by Gasteiger charge is -2.40. The highest BCUT2D eigenvalue weighted by Crippen LogP contribution is 2.38. The molecule has 34 heavy (non-hydrogen) atoms. The molecule has 1 atom stereocenters. The van der Waals surface area contributed by atoms with E-state index in [-0.39, 0.29) is 23.7 Å². The number of hydrogen-bond donors (Lipinski definition) is 1. The molecule has 0 amide bonds. The Bertz CT molecular complexity index is 1270. The van der Waals surface area contributed by atoms with Gasteiger partial charge in [0.1, 0.15) is 11.6 Å². The Hall–Kier alpha value is -3.17. The fraction of sp³-hybridized carbons (Fsp3) is 0.458. The molecule has 6 nitrogen and oxygen atoms in total. The van der Waals surface area contributed by atoms with Crippen LogP contribution in [0.15, 0.2) is 24.3 Å². The van der Waals surface area contributed by atoms with Crippen LogP contribution >= 0.6 is 0 Å². The third-order valence-corrected chi connectivity index (χ3v) is 6.47. The number of aliphatic carboxylic acids is 1. The summed E-state index contributed by atoms with van der Waals surface area (Å²) in [7, 11) is 0. The number of carboxylic acid groups (broad SMARTS) is 1. The van der Waals surface area contributed by atoms with E-state index >= 15 is 0 Å². The van der Waals surface area contributed by atoms with Gasteiger partial charge in [-0.25, -0.2) is 9.37 Å². The quantitative estimate of drug-likeness (QED) is 0.489. The van der Waals surface area contributed by atoms with Gasteiger partial charge in [0.05, 0.1) is 16.7 Å². The minimum absolute atomic E-state index is 0.0420. The number of aromatic nitrogens is 3. The Morgan fingerprint density at radius 2 is 1.94 bits per heavy atom. The van der Waals surface area contributed by atoms with Crippen LogP contribution in [0.3, 0.4) is 0 Å². The van der Waals surface area contributed by atoms with Gasteiger partial charge in [-0.1, -0.05) is 13.8 Å². The van der Waals surface area contributed by atoms with Crippen LogP contribution in [0.2, 0.25) is 0 Å². The summed E-state index contributed by atoms with van der Waals surface area (Å²) >= 11 is 0. The number of nitrogens with zero attached hydrogens (tertiary/aromatic N) is 4. The summed E-state index contributed by atoms with van der Waals surface area (Å²) in [5, 5.41) is 14.3. The third kappa shape index (κ3) is 4.10. The average Bonchev–Trinajstić information content (AvgIpc) is 3.14. The van der Waals surface area contributed by atoms with Gasteiger partial charge in [0.25, 0.3) is 0 Å². The van der Waals surface area contributed by atoms with Crippen molar-refractivity contribution in [1.82, 2.24) is 14.6 Å². The number of hydrogen-bond acceptors (Lipinski definition) is 4. The van der Waals surface area contributed by atoms with Gasteiger partial charge < -0.3 is 10.0 Å². The van der Waals surface area contributed by atoms with E-state index in [2.05, 4.69) is 10.1 Å². The van der Waals surface area contributed by atoms with Gasteiger partial charge in [0.15, 0.2) is 5.65 Å². The zero-order valence-corrected chi connectivity index (χ0v) is 19.4. The van der Waals surface area contributed by atoms with Crippen molar-refractivity contribution in [3.05, 3.63) is 46.9 Å². The molecule has 1 saturated heterocycles. The molecule has 1 aliphatic rings. The molecular weight excluding hydrogens is 452 g/mol. The molecule has 2 aromatic heterocycles. The van der Waals surface area contributed by atoms with Crippen molar-refractivity contribution in [3.63, 3.8) is 0 Å². The highest BCUT2D eigenvalue weighted by atomic mass is 19.4. The number of carboxylic acids is 1. The smallest absolute Gasteiger partial charge is 0.416 e. The van der Waals surface area contributed by atoms with Gasteiger partial charge in [-0.2, -0.15) is 22.8 Å². The number of anilines is 1. The van der Waals surface area contributed by atoms with Crippen molar-refractivity contribution in [1.29, 1.82) is 0 Å². The lowest BCUT2D eigenvalue weighted by molar-refractivity contribution is -0.148. The van der Waals surface area contributed by atoms with Crippen LogP contribution in [0.1, 0.15) is 56.4 Å². The molecule has 4 rings (SSSR count). The molecule has 0 bridgehead atoms. The van der Waals surface area contributed by atoms with E-state index in [1.165, 1.54) is 6.07 Å². The monoisotopic (exact) mass is 478 g/mol. The van der Waals surface area contributed by atoms with Gasteiger partial charge in [0.2, 0.25) is 0 Å². The summed E-state index contributed by atoms with van der Waals surface area (Å²) in [6, 6.07) is 3.89. The zero-order valence-electron chi connectivity index (χ0n) is 19.4. The second-order valence-electron chi connectivity index (χ2n) is 9.47. The molecule has 0 aliphatic carbocycles. The molecule has 3 aromatic rings. The fourth-order valence-corrected chi connectivity index (χ4v) is 4.72. The normalized spacial score (nSPS) is 19.3. The molecule has 1 fully saturated rings. The summed E-state index contributed by atoms with van der Waals surface area (Å²) in [5.41, 5.74) is 0.111. The SMILES string of the molecule is Cc1nc2cc(-c3ccc(C(F)(F)F)cc3F)nn2c(N2CCC[C@@](C)(C(=O)O)C2)c1C(C)C. The molecule has 0 saturated carbocycles. The van der Waals surface area contributed by atoms with Gasteiger partial charge in [-0.3, -0.25) is 4.79 Å². The topological polar surface area (TPSA) is 70.7 Å². The molecule has 182 valence electrons. The van der Waals surface area contributed by atoms with E-state index in [9.17, 15) is 27.5 Å². The van der Waals surface area contributed by atoms with Crippen molar-refractivity contribution in [3.8, 4) is 11.3 Å². The highest BCUT2D eigenvalue weighted by molar-refractivity contribution is 5.76. The van der Waals surface area contributed by atoms with Crippen LogP contribution < -0.4 is 4.90 Å². The van der Waals surface area contributed by atoms with Crippen molar-refractivity contribution in [2.75, 3.05) is 18.0 Å². The summed E-state index contributed by atoms with van der Waals surface area (Å²) in [6.07, 6.45) is -3.43. The summed E-state index contributed by atoms with van der Waals surface area (Å²) < 4.78 is 55.1. The van der Waals surface area contributed by atoms with E-state index in [0.717, 1.165) is 23.4 Å². The maximum Gasteiger partial charge on any atom is 0.416 e. The van der Waals surface area contributed by atoms with E-state index in [1.807, 2.05) is 25.7 Å². The van der Waals surface area contributed by atoms with Gasteiger partial charge in [0, 0.05) is 36.0 Å². The molecule has 1 N–H and O–H groups in total. The van der Waals surface area contributed by atoms with Gasteiger partial charge in [-0.05, 0) is 50.8 Å². The molecule has 10 heteroatoms. The minimum Gasteiger partial charge on any atom is -0.481 e. The van der Waals surface area contributed by atoms with Gasteiger partial charge >= 0.3 is 12.1 Å². The fourth-order valence-electron chi connectivity index (χ4n) is 4.72. The third-order valence-electron chi connectivity index (χ3n) is 6.47. The zero-order chi connectivity index (χ0) is 25.0. The number of carbonyl (C=O) groups is 1. The lowest BCUT2D eigenvalue weighted by Crippen LogP contribution is -2.47. The Balaban J connectivity index is 1.89. The summed E-state index contributed by atoms with van der Waals surface area (Å²) in [5.74, 6) is -1.18. The maximum absolute atomic E-state index is 14.7. The second-order valence-corrected chi connectivity index (χ2v) is 9.47. The maximum atomic E-state index is 14.7. The van der Waals surface area contributed by atoms with Gasteiger partial charge in [-0.15, -0.1) is 0 Å². The largest absolute Gasteiger partial charge is 0.481 e. The van der Waals surface area contributed by atoms with E-state index in [1.54, 1.807) is 11.4 Å². The first-order valence-corrected chi connectivity index (χ1v) is 11.1. The Morgan fingerprint density at radius 1 is 1.24 bits per heavy atom. The number of fused-ring (bicyclic) bond motifs is 1. The van der Waals surface area contributed by atoms with Crippen LogP contribution in [-0.4, -0.2) is 38.8 Å². The molecular formula is C24H26F4N4O2. The van der Waals surface area contributed by atoms with Crippen LogP contribution in [0, 0.1) is 18.2 Å². The molecule has 0 unspecified atom stereocenters. The first-order valence-electron chi connectivity index (χ1n) is 11.1. The highest BCUT2D eigenvalue weighted by Gasteiger charge is 2.39. The predicted molar refractivity (Wildman–Crippen MR) is 119 cm³/mol. The van der Waals surface area contributed by atoms with E-state index in [4.69, 9.17) is 0 Å². The first kappa shape index (κ1) is 24.0. The molecule has 3 heterocycles. The Kier molecular flexibility index (Phi) is 5.81. The van der Waals surface area contributed by atoms with Crippen LogP contribution in [0.4, 0.5) is 23.4 Å². The number of alkyl halides is 3. The van der Waals surface area contributed by atoms with Crippen LogP contribution in [0.25, 0.3) is 16.9 Å². The summed E-state index contributed by atoms with van der Waals surface area (Å²) in [6.45, 7) is 8.45. The number of benzene rings is 1. The van der Waals surface area contributed by atoms with Crippen LogP contribution in [-0.2, 0) is 11.0 Å². The second kappa shape index (κ2) is 8.25. The number of aryl methyl sites for hydroxylation is 1. The number of halogens is 4. The molecule has 0 radical (unpaired) electrons. The van der Waals surface area contributed by atoms with E-state index < -0.39 is 28.9 Å². The van der Waals surface area contributed by atoms with Crippen LogP contribution in [0.5, 0.6) is 0 Å². The lowest BCUT2D eigenvalue weighted by atomic mass is 9.81.